The van der Waals surface area contributed by atoms with Crippen LogP contribution in [0.2, 0.25) is 0 Å². The van der Waals surface area contributed by atoms with Crippen LogP contribution in [-0.4, -0.2) is 32.3 Å². The standard InChI is InChI=1S/C21H22N4O/c1-2-24(15-18-9-5-3-6-10-18)21(26)14-13-20-17-25(23-22-20)16-19-11-7-4-8-12-19/h3-14,17H,2,15-16H2,1H3/b14-13+. The Hall–Kier alpha value is -3.21. The largest absolute Gasteiger partial charge is 0.335 e. The lowest BCUT2D eigenvalue weighted by atomic mass is 10.2. The Labute approximate surface area is 153 Å². The lowest BCUT2D eigenvalue weighted by molar-refractivity contribution is -0.126. The van der Waals surface area contributed by atoms with Crippen LogP contribution in [0.25, 0.3) is 6.08 Å². The number of nitrogens with zero attached hydrogens (tertiary/aromatic N) is 4. The van der Waals surface area contributed by atoms with Crippen molar-refractivity contribution in [3.05, 3.63) is 89.8 Å². The maximum Gasteiger partial charge on any atom is 0.246 e. The summed E-state index contributed by atoms with van der Waals surface area (Å²) in [5, 5.41) is 8.22. The van der Waals surface area contributed by atoms with E-state index < -0.39 is 0 Å². The zero-order valence-corrected chi connectivity index (χ0v) is 14.8. The van der Waals surface area contributed by atoms with Crippen molar-refractivity contribution in [2.75, 3.05) is 6.54 Å². The van der Waals surface area contributed by atoms with Gasteiger partial charge in [-0.15, -0.1) is 5.10 Å². The molecule has 0 spiro atoms. The van der Waals surface area contributed by atoms with Crippen LogP contribution in [0.1, 0.15) is 23.7 Å². The van der Waals surface area contributed by atoms with Gasteiger partial charge in [0.2, 0.25) is 5.91 Å². The van der Waals surface area contributed by atoms with E-state index in [1.807, 2.05) is 73.8 Å². The molecular weight excluding hydrogens is 324 g/mol. The van der Waals surface area contributed by atoms with Gasteiger partial charge in [-0.05, 0) is 24.1 Å². The summed E-state index contributed by atoms with van der Waals surface area (Å²) in [4.78, 5) is 14.2. The van der Waals surface area contributed by atoms with Gasteiger partial charge in [0.15, 0.2) is 0 Å². The summed E-state index contributed by atoms with van der Waals surface area (Å²) in [5.41, 5.74) is 2.94. The summed E-state index contributed by atoms with van der Waals surface area (Å²) >= 11 is 0. The number of rotatable bonds is 7. The number of carbonyl (C=O) groups excluding carboxylic acids is 1. The van der Waals surface area contributed by atoms with Gasteiger partial charge in [0.25, 0.3) is 0 Å². The minimum Gasteiger partial charge on any atom is -0.335 e. The molecule has 0 aliphatic heterocycles. The molecule has 0 atom stereocenters. The molecular formula is C21H22N4O. The topological polar surface area (TPSA) is 51.0 Å². The van der Waals surface area contributed by atoms with Crippen LogP contribution in [0.15, 0.2) is 72.9 Å². The molecule has 0 saturated heterocycles. The van der Waals surface area contributed by atoms with Crippen LogP contribution in [0.3, 0.4) is 0 Å². The number of carbonyl (C=O) groups is 1. The predicted molar refractivity (Wildman–Crippen MR) is 102 cm³/mol. The first-order chi connectivity index (χ1) is 12.7. The van der Waals surface area contributed by atoms with Gasteiger partial charge in [0, 0.05) is 19.2 Å². The molecule has 3 aromatic rings. The highest BCUT2D eigenvalue weighted by Crippen LogP contribution is 2.07. The maximum atomic E-state index is 12.4. The Balaban J connectivity index is 1.60. The first kappa shape index (κ1) is 17.6. The molecule has 0 saturated carbocycles. The fourth-order valence-corrected chi connectivity index (χ4v) is 2.65. The van der Waals surface area contributed by atoms with Gasteiger partial charge in [-0.3, -0.25) is 4.79 Å². The lowest BCUT2D eigenvalue weighted by Crippen LogP contribution is -2.28. The molecule has 0 N–H and O–H groups in total. The van der Waals surface area contributed by atoms with Gasteiger partial charge in [0.05, 0.1) is 12.7 Å². The third-order valence-corrected chi connectivity index (χ3v) is 4.05. The number of benzene rings is 2. The van der Waals surface area contributed by atoms with Gasteiger partial charge < -0.3 is 4.90 Å². The summed E-state index contributed by atoms with van der Waals surface area (Å²) < 4.78 is 1.76. The second kappa shape index (κ2) is 8.76. The van der Waals surface area contributed by atoms with Crippen molar-refractivity contribution < 1.29 is 4.79 Å². The molecule has 0 fully saturated rings. The van der Waals surface area contributed by atoms with Crippen LogP contribution < -0.4 is 0 Å². The minimum atomic E-state index is -0.0334. The van der Waals surface area contributed by atoms with Gasteiger partial charge in [-0.1, -0.05) is 65.9 Å². The summed E-state index contributed by atoms with van der Waals surface area (Å²) in [5.74, 6) is -0.0334. The number of likely N-dealkylation sites (N-methyl/N-ethyl adjacent to an activating group) is 1. The number of amides is 1. The molecule has 1 aromatic heterocycles. The Morgan fingerprint density at radius 1 is 1.04 bits per heavy atom. The molecule has 0 radical (unpaired) electrons. The summed E-state index contributed by atoms with van der Waals surface area (Å²) in [6.07, 6.45) is 5.11. The van der Waals surface area contributed by atoms with Crippen LogP contribution in [0.5, 0.6) is 0 Å². The fourth-order valence-electron chi connectivity index (χ4n) is 2.65. The molecule has 1 amide bonds. The van der Waals surface area contributed by atoms with E-state index >= 15 is 0 Å². The molecule has 132 valence electrons. The number of hydrogen-bond donors (Lipinski definition) is 0. The van der Waals surface area contributed by atoms with Crippen molar-refractivity contribution in [1.82, 2.24) is 19.9 Å². The van der Waals surface area contributed by atoms with Crippen LogP contribution >= 0.6 is 0 Å². The molecule has 26 heavy (non-hydrogen) atoms. The first-order valence-electron chi connectivity index (χ1n) is 8.69. The molecule has 5 nitrogen and oxygen atoms in total. The predicted octanol–water partition coefficient (Wildman–Crippen LogP) is 3.39. The molecule has 0 aliphatic rings. The van der Waals surface area contributed by atoms with Crippen molar-refractivity contribution in [3.8, 4) is 0 Å². The summed E-state index contributed by atoms with van der Waals surface area (Å²) in [6.45, 7) is 3.88. The molecule has 0 unspecified atom stereocenters. The molecule has 3 rings (SSSR count). The van der Waals surface area contributed by atoms with E-state index in [9.17, 15) is 4.79 Å². The highest BCUT2D eigenvalue weighted by molar-refractivity contribution is 5.91. The monoisotopic (exact) mass is 346 g/mol. The zero-order chi connectivity index (χ0) is 18.2. The van der Waals surface area contributed by atoms with Gasteiger partial charge in [-0.2, -0.15) is 0 Å². The molecule has 0 aliphatic carbocycles. The second-order valence-corrected chi connectivity index (χ2v) is 6.00. The number of hydrogen-bond acceptors (Lipinski definition) is 3. The maximum absolute atomic E-state index is 12.4. The van der Waals surface area contributed by atoms with Crippen LogP contribution in [0.4, 0.5) is 0 Å². The summed E-state index contributed by atoms with van der Waals surface area (Å²) in [7, 11) is 0. The lowest BCUT2D eigenvalue weighted by Gasteiger charge is -2.19. The van der Waals surface area contributed by atoms with E-state index in [1.54, 1.807) is 21.7 Å². The molecule has 0 bridgehead atoms. The van der Waals surface area contributed by atoms with Crippen molar-refractivity contribution in [2.24, 2.45) is 0 Å². The Kier molecular flexibility index (Phi) is 5.93. The highest BCUT2D eigenvalue weighted by atomic mass is 16.2. The third kappa shape index (κ3) is 4.89. The number of aromatic nitrogens is 3. The Bertz CT molecular complexity index is 856. The fraction of sp³-hybridized carbons (Fsp3) is 0.190. The van der Waals surface area contributed by atoms with E-state index in [2.05, 4.69) is 10.3 Å². The molecule has 1 heterocycles. The van der Waals surface area contributed by atoms with E-state index in [0.717, 1.165) is 11.1 Å². The quantitative estimate of drug-likeness (QED) is 0.616. The summed E-state index contributed by atoms with van der Waals surface area (Å²) in [6, 6.07) is 20.1. The first-order valence-corrected chi connectivity index (χ1v) is 8.69. The highest BCUT2D eigenvalue weighted by Gasteiger charge is 2.09. The van der Waals surface area contributed by atoms with E-state index in [1.165, 1.54) is 0 Å². The van der Waals surface area contributed by atoms with E-state index in [0.29, 0.717) is 25.3 Å². The van der Waals surface area contributed by atoms with E-state index in [-0.39, 0.29) is 5.91 Å². The van der Waals surface area contributed by atoms with Gasteiger partial charge in [-0.25, -0.2) is 4.68 Å². The Morgan fingerprint density at radius 3 is 2.35 bits per heavy atom. The van der Waals surface area contributed by atoms with Crippen molar-refractivity contribution in [1.29, 1.82) is 0 Å². The van der Waals surface area contributed by atoms with Gasteiger partial charge in [0.1, 0.15) is 5.69 Å². The zero-order valence-electron chi connectivity index (χ0n) is 14.8. The molecule has 2 aromatic carbocycles. The van der Waals surface area contributed by atoms with E-state index in [4.69, 9.17) is 0 Å². The SMILES string of the molecule is CCN(Cc1ccccc1)C(=O)/C=C/c1cn(Cc2ccccc2)nn1. The van der Waals surface area contributed by atoms with Crippen LogP contribution in [0, 0.1) is 0 Å². The van der Waals surface area contributed by atoms with Crippen molar-refractivity contribution >= 4 is 12.0 Å². The minimum absolute atomic E-state index is 0.0334. The Morgan fingerprint density at radius 2 is 1.69 bits per heavy atom. The van der Waals surface area contributed by atoms with Crippen molar-refractivity contribution in [2.45, 2.75) is 20.0 Å². The van der Waals surface area contributed by atoms with Gasteiger partial charge >= 0.3 is 0 Å². The third-order valence-electron chi connectivity index (χ3n) is 4.05. The van der Waals surface area contributed by atoms with Crippen molar-refractivity contribution in [3.63, 3.8) is 0 Å². The molecule has 5 heteroatoms. The smallest absolute Gasteiger partial charge is 0.246 e. The normalized spacial score (nSPS) is 11.0. The van der Waals surface area contributed by atoms with Crippen LogP contribution in [-0.2, 0) is 17.9 Å². The average molecular weight is 346 g/mol. The second-order valence-electron chi connectivity index (χ2n) is 6.00. The average Bonchev–Trinajstić information content (AvgIpc) is 3.13.